The summed E-state index contributed by atoms with van der Waals surface area (Å²) in [6, 6.07) is 12.4. The van der Waals surface area contributed by atoms with E-state index in [0.29, 0.717) is 12.4 Å². The molecule has 1 aromatic carbocycles. The van der Waals surface area contributed by atoms with Crippen LogP contribution in [0.4, 0.5) is 14.6 Å². The number of alkyl halides is 2. The van der Waals surface area contributed by atoms with Crippen molar-refractivity contribution in [3.63, 3.8) is 0 Å². The first-order valence-electron chi connectivity index (χ1n) is 7.48. The summed E-state index contributed by atoms with van der Waals surface area (Å²) < 4.78 is 35.3. The molecule has 0 unspecified atom stereocenters. The number of nitrogens with one attached hydrogen (secondary N) is 1. The average molecular weight is 346 g/mol. The van der Waals surface area contributed by atoms with E-state index in [0.717, 1.165) is 17.1 Å². The fraction of sp³-hybridized carbons (Fsp3) is 0.176. The Morgan fingerprint density at radius 2 is 1.84 bits per heavy atom. The summed E-state index contributed by atoms with van der Waals surface area (Å²) in [5, 5.41) is 7.54. The van der Waals surface area contributed by atoms with Gasteiger partial charge in [0, 0.05) is 6.20 Å². The predicted octanol–water partition coefficient (Wildman–Crippen LogP) is 3.49. The second-order valence-corrected chi connectivity index (χ2v) is 5.06. The molecule has 25 heavy (non-hydrogen) atoms. The maximum Gasteiger partial charge on any atom is 0.387 e. The van der Waals surface area contributed by atoms with Gasteiger partial charge in [0.2, 0.25) is 0 Å². The highest BCUT2D eigenvalue weighted by Crippen LogP contribution is 2.16. The van der Waals surface area contributed by atoms with E-state index in [-0.39, 0.29) is 5.75 Å². The maximum absolute atomic E-state index is 12.1. The molecule has 6 nitrogen and oxygen atoms in total. The van der Waals surface area contributed by atoms with Crippen molar-refractivity contribution in [3.8, 4) is 17.2 Å². The molecule has 1 N–H and O–H groups in total. The molecule has 0 amide bonds. The second-order valence-electron chi connectivity index (χ2n) is 5.06. The second kappa shape index (κ2) is 7.61. The fourth-order valence-corrected chi connectivity index (χ4v) is 2.17. The summed E-state index contributed by atoms with van der Waals surface area (Å²) in [4.78, 5) is 4.01. The lowest BCUT2D eigenvalue weighted by atomic mass is 10.3. The molecule has 0 aliphatic rings. The Balaban J connectivity index is 1.59. The number of aromatic nitrogens is 3. The first-order chi connectivity index (χ1) is 12.1. The average Bonchev–Trinajstić information content (AvgIpc) is 3.10. The van der Waals surface area contributed by atoms with Gasteiger partial charge in [-0.25, -0.2) is 9.67 Å². The Morgan fingerprint density at radius 1 is 1.08 bits per heavy atom. The van der Waals surface area contributed by atoms with Crippen molar-refractivity contribution in [3.05, 3.63) is 60.6 Å². The van der Waals surface area contributed by atoms with Crippen LogP contribution in [0.25, 0.3) is 5.69 Å². The third-order valence-electron chi connectivity index (χ3n) is 3.39. The molecule has 0 atom stereocenters. The molecule has 0 aliphatic carbocycles. The van der Waals surface area contributed by atoms with Crippen LogP contribution in [0.1, 0.15) is 5.69 Å². The zero-order valence-electron chi connectivity index (χ0n) is 13.4. The zero-order chi connectivity index (χ0) is 17.6. The van der Waals surface area contributed by atoms with Crippen LogP contribution in [0.3, 0.4) is 0 Å². The van der Waals surface area contributed by atoms with E-state index in [2.05, 4.69) is 20.1 Å². The van der Waals surface area contributed by atoms with Crippen LogP contribution in [-0.4, -0.2) is 28.5 Å². The van der Waals surface area contributed by atoms with E-state index in [1.54, 1.807) is 17.9 Å². The fourth-order valence-electron chi connectivity index (χ4n) is 2.17. The van der Waals surface area contributed by atoms with Gasteiger partial charge >= 0.3 is 6.61 Å². The van der Waals surface area contributed by atoms with Gasteiger partial charge < -0.3 is 14.8 Å². The van der Waals surface area contributed by atoms with E-state index < -0.39 is 6.61 Å². The van der Waals surface area contributed by atoms with Gasteiger partial charge in [0.05, 0.1) is 31.2 Å². The minimum atomic E-state index is -2.86. The Kier molecular flexibility index (Phi) is 5.08. The number of benzene rings is 1. The number of rotatable bonds is 7. The number of halogens is 2. The number of methoxy groups -OCH3 is 1. The van der Waals surface area contributed by atoms with Crippen molar-refractivity contribution in [1.29, 1.82) is 0 Å². The first kappa shape index (κ1) is 16.7. The third-order valence-corrected chi connectivity index (χ3v) is 3.39. The molecule has 130 valence electrons. The highest BCUT2D eigenvalue weighted by molar-refractivity contribution is 5.39. The normalized spacial score (nSPS) is 10.7. The molecule has 0 bridgehead atoms. The first-order valence-corrected chi connectivity index (χ1v) is 7.48. The number of ether oxygens (including phenoxy) is 2. The molecule has 8 heteroatoms. The number of hydrogen-bond acceptors (Lipinski definition) is 5. The predicted molar refractivity (Wildman–Crippen MR) is 88.3 cm³/mol. The number of nitrogens with zero attached hydrogens (tertiary/aromatic N) is 3. The van der Waals surface area contributed by atoms with Crippen LogP contribution >= 0.6 is 0 Å². The van der Waals surface area contributed by atoms with Crippen LogP contribution in [0.15, 0.2) is 54.9 Å². The Labute approximate surface area is 143 Å². The molecule has 2 heterocycles. The summed E-state index contributed by atoms with van der Waals surface area (Å²) in [7, 11) is 1.62. The van der Waals surface area contributed by atoms with Gasteiger partial charge in [-0.1, -0.05) is 0 Å². The van der Waals surface area contributed by atoms with Crippen LogP contribution < -0.4 is 14.8 Å². The molecule has 3 aromatic rings. The summed E-state index contributed by atoms with van der Waals surface area (Å²) in [5.74, 6) is 1.34. The zero-order valence-corrected chi connectivity index (χ0v) is 13.4. The van der Waals surface area contributed by atoms with E-state index in [1.807, 2.05) is 36.5 Å². The molecule has 0 spiro atoms. The lowest BCUT2D eigenvalue weighted by molar-refractivity contribution is -0.0500. The van der Waals surface area contributed by atoms with Crippen molar-refractivity contribution in [2.45, 2.75) is 13.2 Å². The lowest BCUT2D eigenvalue weighted by Crippen LogP contribution is -2.05. The number of hydrogen-bond donors (Lipinski definition) is 1. The van der Waals surface area contributed by atoms with Crippen LogP contribution in [-0.2, 0) is 6.54 Å². The minimum Gasteiger partial charge on any atom is -0.497 e. The van der Waals surface area contributed by atoms with Gasteiger partial charge in [0.1, 0.15) is 17.3 Å². The van der Waals surface area contributed by atoms with E-state index in [4.69, 9.17) is 4.74 Å². The topological polar surface area (TPSA) is 61.2 Å². The SMILES string of the molecule is COc1ccc(-n2ccc(CNc3ccc(OC(F)F)cn3)n2)cc1. The maximum atomic E-state index is 12.1. The Morgan fingerprint density at radius 3 is 2.48 bits per heavy atom. The monoisotopic (exact) mass is 346 g/mol. The van der Waals surface area contributed by atoms with Crippen LogP contribution in [0.5, 0.6) is 11.5 Å². The van der Waals surface area contributed by atoms with Crippen molar-refractivity contribution < 1.29 is 18.3 Å². The summed E-state index contributed by atoms with van der Waals surface area (Å²) in [6.45, 7) is -2.41. The van der Waals surface area contributed by atoms with Gasteiger partial charge in [-0.05, 0) is 42.5 Å². The lowest BCUT2D eigenvalue weighted by Gasteiger charge is -2.06. The molecular weight excluding hydrogens is 330 g/mol. The molecular formula is C17H16F2N4O2. The van der Waals surface area contributed by atoms with Crippen molar-refractivity contribution in [2.75, 3.05) is 12.4 Å². The molecule has 0 fully saturated rings. The summed E-state index contributed by atoms with van der Waals surface area (Å²) >= 11 is 0. The summed E-state index contributed by atoms with van der Waals surface area (Å²) in [6.07, 6.45) is 3.09. The van der Waals surface area contributed by atoms with E-state index in [9.17, 15) is 8.78 Å². The van der Waals surface area contributed by atoms with Gasteiger partial charge in [0.25, 0.3) is 0 Å². The summed E-state index contributed by atoms with van der Waals surface area (Å²) in [5.41, 5.74) is 1.73. The molecule has 0 saturated heterocycles. The minimum absolute atomic E-state index is 0.0179. The number of pyridine rings is 1. The molecule has 0 saturated carbocycles. The third kappa shape index (κ3) is 4.43. The van der Waals surface area contributed by atoms with Crippen molar-refractivity contribution >= 4 is 5.82 Å². The number of anilines is 1. The van der Waals surface area contributed by atoms with Gasteiger partial charge in [0.15, 0.2) is 0 Å². The quantitative estimate of drug-likeness (QED) is 0.710. The van der Waals surface area contributed by atoms with Crippen LogP contribution in [0.2, 0.25) is 0 Å². The van der Waals surface area contributed by atoms with Crippen molar-refractivity contribution in [1.82, 2.24) is 14.8 Å². The Bertz CT molecular complexity index is 804. The molecule has 0 radical (unpaired) electrons. The molecule has 2 aromatic heterocycles. The standard InChI is InChI=1S/C17H16F2N4O2/c1-24-14-4-2-13(3-5-14)23-9-8-12(22-23)10-20-16-7-6-15(11-21-16)25-17(18)19/h2-9,11,17H,10H2,1H3,(H,20,21). The van der Waals surface area contributed by atoms with E-state index >= 15 is 0 Å². The Hall–Kier alpha value is -3.16. The van der Waals surface area contributed by atoms with Crippen molar-refractivity contribution in [2.24, 2.45) is 0 Å². The highest BCUT2D eigenvalue weighted by Gasteiger charge is 2.05. The van der Waals surface area contributed by atoms with E-state index in [1.165, 1.54) is 12.3 Å². The highest BCUT2D eigenvalue weighted by atomic mass is 19.3. The van der Waals surface area contributed by atoms with Crippen LogP contribution in [0, 0.1) is 0 Å². The molecule has 3 rings (SSSR count). The van der Waals surface area contributed by atoms with Gasteiger partial charge in [-0.3, -0.25) is 0 Å². The van der Waals surface area contributed by atoms with Gasteiger partial charge in [-0.15, -0.1) is 0 Å². The van der Waals surface area contributed by atoms with Gasteiger partial charge in [-0.2, -0.15) is 13.9 Å². The largest absolute Gasteiger partial charge is 0.497 e. The molecule has 0 aliphatic heterocycles. The smallest absolute Gasteiger partial charge is 0.387 e.